The molecule has 4 N–H and O–H groups in total. The van der Waals surface area contributed by atoms with Crippen molar-refractivity contribution in [3.8, 4) is 22.5 Å². The van der Waals surface area contributed by atoms with E-state index in [4.69, 9.17) is 10.2 Å². The summed E-state index contributed by atoms with van der Waals surface area (Å²) in [5.74, 6) is 0.777. The Bertz CT molecular complexity index is 1740. The lowest BCUT2D eigenvalue weighted by atomic mass is 10.0. The minimum absolute atomic E-state index is 0.0380. The number of aromatic nitrogens is 4. The van der Waals surface area contributed by atoms with Crippen LogP contribution in [0.2, 0.25) is 0 Å². The van der Waals surface area contributed by atoms with Crippen molar-refractivity contribution in [2.45, 2.75) is 12.7 Å². The van der Waals surface area contributed by atoms with Gasteiger partial charge in [0.25, 0.3) is 0 Å². The fourth-order valence-electron chi connectivity index (χ4n) is 5.18. The van der Waals surface area contributed by atoms with E-state index < -0.39 is 17.8 Å². The predicted octanol–water partition coefficient (Wildman–Crippen LogP) is 5.04. The summed E-state index contributed by atoms with van der Waals surface area (Å²) in [5.41, 5.74) is 8.77. The zero-order valence-corrected chi connectivity index (χ0v) is 23.1. The van der Waals surface area contributed by atoms with E-state index in [1.165, 1.54) is 24.9 Å². The van der Waals surface area contributed by atoms with Gasteiger partial charge in [0.1, 0.15) is 11.8 Å². The molecule has 1 aliphatic heterocycles. The zero-order chi connectivity index (χ0) is 30.1. The molecule has 3 aromatic heterocycles. The number of halogens is 3. The highest BCUT2D eigenvalue weighted by molar-refractivity contribution is 6.01. The van der Waals surface area contributed by atoms with Gasteiger partial charge in [-0.15, -0.1) is 0 Å². The first-order valence-corrected chi connectivity index (χ1v) is 13.5. The van der Waals surface area contributed by atoms with Crippen LogP contribution in [0.1, 0.15) is 11.1 Å². The minimum Gasteiger partial charge on any atom is -0.443 e. The van der Waals surface area contributed by atoms with E-state index in [2.05, 4.69) is 30.6 Å². The van der Waals surface area contributed by atoms with Gasteiger partial charge >= 0.3 is 12.2 Å². The van der Waals surface area contributed by atoms with Crippen molar-refractivity contribution in [3.63, 3.8) is 0 Å². The average molecular weight is 592 g/mol. The molecular formula is C29H28F3N9O2. The molecule has 4 heterocycles. The van der Waals surface area contributed by atoms with Gasteiger partial charge in [0.15, 0.2) is 18.0 Å². The number of likely N-dealkylation sites (N-methyl/N-ethyl adjacent to an activating group) is 1. The minimum atomic E-state index is -4.56. The molecule has 222 valence electrons. The van der Waals surface area contributed by atoms with Crippen LogP contribution < -0.4 is 16.4 Å². The zero-order valence-electron chi connectivity index (χ0n) is 23.1. The summed E-state index contributed by atoms with van der Waals surface area (Å²) in [6, 6.07) is 10.1. The number of nitrogens with zero attached hydrogens (tertiary/aromatic N) is 6. The number of fused-ring (bicyclic) bond motifs is 1. The Morgan fingerprint density at radius 1 is 1.05 bits per heavy atom. The first kappa shape index (κ1) is 28.2. The molecule has 0 saturated carbocycles. The largest absolute Gasteiger partial charge is 0.443 e. The number of alkyl halides is 3. The Hall–Kier alpha value is -4.95. The quantitative estimate of drug-likeness (QED) is 0.250. The maximum Gasteiger partial charge on any atom is 0.416 e. The second-order valence-corrected chi connectivity index (χ2v) is 10.3. The number of oxazole rings is 1. The Morgan fingerprint density at radius 3 is 2.47 bits per heavy atom. The van der Waals surface area contributed by atoms with Crippen molar-refractivity contribution in [1.29, 1.82) is 0 Å². The van der Waals surface area contributed by atoms with E-state index in [9.17, 15) is 18.0 Å². The molecule has 6 rings (SSSR count). The fourth-order valence-corrected chi connectivity index (χ4v) is 5.18. The van der Waals surface area contributed by atoms with E-state index in [0.717, 1.165) is 24.7 Å². The normalized spacial score (nSPS) is 14.7. The Kier molecular flexibility index (Phi) is 7.46. The van der Waals surface area contributed by atoms with Crippen molar-refractivity contribution < 1.29 is 22.4 Å². The molecule has 0 atom stereocenters. The lowest BCUT2D eigenvalue weighted by molar-refractivity contribution is -0.138. The van der Waals surface area contributed by atoms with Crippen LogP contribution in [0, 0.1) is 0 Å². The van der Waals surface area contributed by atoms with Crippen molar-refractivity contribution in [2.24, 2.45) is 0 Å². The molecule has 43 heavy (non-hydrogen) atoms. The van der Waals surface area contributed by atoms with Gasteiger partial charge in [-0.3, -0.25) is 4.90 Å². The van der Waals surface area contributed by atoms with Crippen LogP contribution in [0.5, 0.6) is 0 Å². The number of rotatable bonds is 6. The number of nitrogens with one attached hydrogen (secondary N) is 2. The summed E-state index contributed by atoms with van der Waals surface area (Å²) >= 11 is 0. The van der Waals surface area contributed by atoms with E-state index in [1.807, 2.05) is 11.9 Å². The number of benzene rings is 2. The predicted molar refractivity (Wildman–Crippen MR) is 155 cm³/mol. The smallest absolute Gasteiger partial charge is 0.416 e. The molecule has 0 radical (unpaired) electrons. The summed E-state index contributed by atoms with van der Waals surface area (Å²) in [7, 11) is 1.99. The number of hydrogen-bond donors (Lipinski definition) is 3. The highest BCUT2D eigenvalue weighted by atomic mass is 19.4. The summed E-state index contributed by atoms with van der Waals surface area (Å²) in [6.07, 6.45) is 1.44. The fraction of sp³-hybridized carbons (Fsp3) is 0.241. The first-order valence-electron chi connectivity index (χ1n) is 13.5. The van der Waals surface area contributed by atoms with E-state index in [0.29, 0.717) is 41.2 Å². The van der Waals surface area contributed by atoms with E-state index in [1.54, 1.807) is 41.2 Å². The molecule has 1 fully saturated rings. The Morgan fingerprint density at radius 2 is 1.77 bits per heavy atom. The Balaban J connectivity index is 1.19. The van der Waals surface area contributed by atoms with E-state index >= 15 is 0 Å². The monoisotopic (exact) mass is 591 g/mol. The number of anilines is 3. The van der Waals surface area contributed by atoms with Crippen molar-refractivity contribution in [3.05, 3.63) is 78.7 Å². The number of piperazine rings is 1. The molecule has 0 unspecified atom stereocenters. The molecule has 0 bridgehead atoms. The highest BCUT2D eigenvalue weighted by Gasteiger charge is 2.34. The van der Waals surface area contributed by atoms with Crippen LogP contribution in [-0.2, 0) is 12.7 Å². The number of amides is 2. The summed E-state index contributed by atoms with van der Waals surface area (Å²) in [6.45, 7) is 3.18. The molecule has 0 spiro atoms. The van der Waals surface area contributed by atoms with Gasteiger partial charge < -0.3 is 25.7 Å². The van der Waals surface area contributed by atoms with Gasteiger partial charge in [0.05, 0.1) is 11.8 Å². The lowest BCUT2D eigenvalue weighted by Crippen LogP contribution is -2.44. The Labute approximate surface area is 244 Å². The van der Waals surface area contributed by atoms with Crippen molar-refractivity contribution >= 4 is 28.7 Å². The third-order valence-electron chi connectivity index (χ3n) is 7.39. The highest BCUT2D eigenvalue weighted by Crippen LogP contribution is 2.39. The number of urea groups is 1. The number of nitrogens with two attached hydrogens (primary N) is 1. The van der Waals surface area contributed by atoms with Gasteiger partial charge in [-0.1, -0.05) is 18.2 Å². The number of carbonyl (C=O) groups is 1. The molecule has 1 aliphatic rings. The number of nitrogen functional groups attached to an aromatic ring is 1. The molecule has 0 aliphatic carbocycles. The van der Waals surface area contributed by atoms with Crippen LogP contribution in [0.3, 0.4) is 0 Å². The van der Waals surface area contributed by atoms with Gasteiger partial charge in [0.2, 0.25) is 0 Å². The number of carbonyl (C=O) groups excluding carboxylic acids is 1. The second kappa shape index (κ2) is 11.4. The number of hydrogen-bond acceptors (Lipinski definition) is 8. The van der Waals surface area contributed by atoms with Crippen LogP contribution >= 0.6 is 0 Å². The van der Waals surface area contributed by atoms with Crippen LogP contribution in [0.25, 0.3) is 28.0 Å². The van der Waals surface area contributed by atoms with Crippen LogP contribution in [-0.4, -0.2) is 68.6 Å². The standard InChI is InChI=1S/C29H28F3N9O2/c1-39-8-10-40(11-9-39)14-19-4-7-21(12-23(19)29(30,31)32)38-28(42)37-20-5-2-18(3-6-20)25-22(24-13-34-17-43-24)15-41-26(25)27(33)35-16-36-41/h2-7,12-13,15-17H,8-11,14H2,1H3,(H2,33,35,36)(H2,37,38,42). The SMILES string of the molecule is CN1CCN(Cc2ccc(NC(=O)Nc3ccc(-c4c(-c5cnco5)cn5ncnc(N)c45)cc3)cc2C(F)(F)F)CC1. The molecule has 11 nitrogen and oxygen atoms in total. The van der Waals surface area contributed by atoms with E-state index in [-0.39, 0.29) is 23.6 Å². The molecule has 2 aromatic carbocycles. The third-order valence-corrected chi connectivity index (χ3v) is 7.39. The lowest BCUT2D eigenvalue weighted by Gasteiger charge is -2.33. The topological polar surface area (TPSA) is 130 Å². The second-order valence-electron chi connectivity index (χ2n) is 10.3. The summed E-state index contributed by atoms with van der Waals surface area (Å²) in [5, 5.41) is 9.42. The summed E-state index contributed by atoms with van der Waals surface area (Å²) < 4.78 is 48.9. The van der Waals surface area contributed by atoms with Gasteiger partial charge in [0, 0.05) is 61.4 Å². The maximum atomic E-state index is 13.9. The molecule has 5 aromatic rings. The third kappa shape index (κ3) is 6.01. The van der Waals surface area contributed by atoms with Crippen molar-refractivity contribution in [1.82, 2.24) is 29.4 Å². The van der Waals surface area contributed by atoms with Crippen LogP contribution in [0.4, 0.5) is 35.2 Å². The van der Waals surface area contributed by atoms with Gasteiger partial charge in [-0.25, -0.2) is 19.3 Å². The maximum absolute atomic E-state index is 13.9. The molecule has 1 saturated heterocycles. The van der Waals surface area contributed by atoms with Gasteiger partial charge in [-0.2, -0.15) is 18.3 Å². The average Bonchev–Trinajstić information content (AvgIpc) is 3.64. The molecular weight excluding hydrogens is 563 g/mol. The molecule has 14 heteroatoms. The van der Waals surface area contributed by atoms with Crippen LogP contribution in [0.15, 0.2) is 72.0 Å². The molecule has 2 amide bonds. The van der Waals surface area contributed by atoms with Crippen molar-refractivity contribution in [2.75, 3.05) is 49.6 Å². The first-order chi connectivity index (χ1) is 20.7. The van der Waals surface area contributed by atoms with Gasteiger partial charge in [-0.05, 0) is 42.4 Å². The summed E-state index contributed by atoms with van der Waals surface area (Å²) in [4.78, 5) is 25.0.